The fourth-order valence-corrected chi connectivity index (χ4v) is 4.46. The molecule has 0 unspecified atom stereocenters. The van der Waals surface area contributed by atoms with Gasteiger partial charge in [0.05, 0.1) is 22.0 Å². The molecule has 1 aromatic rings. The Kier molecular flexibility index (Phi) is 5.33. The molecule has 1 aromatic carbocycles. The van der Waals surface area contributed by atoms with Crippen molar-refractivity contribution in [2.75, 3.05) is 17.8 Å². The molecule has 0 aliphatic heterocycles. The molecule has 1 N–H and O–H groups in total. The van der Waals surface area contributed by atoms with E-state index in [-0.39, 0.29) is 22.6 Å². The van der Waals surface area contributed by atoms with Crippen LogP contribution in [0.3, 0.4) is 0 Å². The monoisotopic (exact) mass is 384 g/mol. The van der Waals surface area contributed by atoms with Gasteiger partial charge < -0.3 is 5.11 Å². The van der Waals surface area contributed by atoms with Gasteiger partial charge in [0.15, 0.2) is 9.84 Å². The van der Waals surface area contributed by atoms with Crippen molar-refractivity contribution in [1.82, 2.24) is 0 Å². The van der Waals surface area contributed by atoms with E-state index in [1.165, 1.54) is 18.2 Å². The third-order valence-corrected chi connectivity index (χ3v) is 5.79. The Balaban J connectivity index is 3.09. The number of carboxylic acids is 1. The highest BCUT2D eigenvalue weighted by atomic mass is 79.9. The Hall–Kier alpha value is -0.930. The Bertz CT molecular complexity index is 721. The molecule has 0 aliphatic carbocycles. The van der Waals surface area contributed by atoms with Crippen LogP contribution in [-0.4, -0.2) is 45.7 Å². The Morgan fingerprint density at radius 3 is 2.30 bits per heavy atom. The zero-order chi connectivity index (χ0) is 15.6. The summed E-state index contributed by atoms with van der Waals surface area (Å²) in [6.07, 6.45) is 0.939. The first-order chi connectivity index (χ1) is 9.03. The highest BCUT2D eigenvalue weighted by molar-refractivity contribution is 9.10. The molecule has 0 saturated carbocycles. The van der Waals surface area contributed by atoms with Crippen molar-refractivity contribution in [3.05, 3.63) is 28.2 Å². The molecule has 0 amide bonds. The molecule has 0 heterocycles. The normalized spacial score (nSPS) is 12.3. The van der Waals surface area contributed by atoms with Crippen LogP contribution in [0.25, 0.3) is 0 Å². The van der Waals surface area contributed by atoms with Crippen LogP contribution in [0.2, 0.25) is 0 Å². The highest BCUT2D eigenvalue weighted by Crippen LogP contribution is 2.23. The second-order valence-corrected chi connectivity index (χ2v) is 9.50. The van der Waals surface area contributed by atoms with Crippen LogP contribution in [0.5, 0.6) is 0 Å². The Labute approximate surface area is 125 Å². The smallest absolute Gasteiger partial charge is 0.337 e. The number of hydrogen-bond donors (Lipinski definition) is 1. The van der Waals surface area contributed by atoms with Gasteiger partial charge in [-0.05, 0) is 24.6 Å². The molecule has 6 nitrogen and oxygen atoms in total. The van der Waals surface area contributed by atoms with E-state index >= 15 is 0 Å². The van der Waals surface area contributed by atoms with Gasteiger partial charge in [0.1, 0.15) is 9.84 Å². The molecule has 0 atom stereocenters. The number of halogens is 1. The molecule has 0 fully saturated rings. The predicted molar refractivity (Wildman–Crippen MR) is 77.5 cm³/mol. The summed E-state index contributed by atoms with van der Waals surface area (Å²) in [5.74, 6) is -2.03. The van der Waals surface area contributed by atoms with E-state index in [2.05, 4.69) is 15.9 Å². The van der Waals surface area contributed by atoms with E-state index in [1.807, 2.05) is 0 Å². The van der Waals surface area contributed by atoms with Crippen LogP contribution in [-0.2, 0) is 19.7 Å². The average molecular weight is 385 g/mol. The molecule has 20 heavy (non-hydrogen) atoms. The Morgan fingerprint density at radius 1 is 1.20 bits per heavy atom. The van der Waals surface area contributed by atoms with Crippen LogP contribution < -0.4 is 0 Å². The van der Waals surface area contributed by atoms with Crippen molar-refractivity contribution >= 4 is 41.6 Å². The molecular formula is C11H13BrO6S2. The molecule has 0 saturated heterocycles. The van der Waals surface area contributed by atoms with Gasteiger partial charge in [0.25, 0.3) is 0 Å². The number of benzene rings is 1. The van der Waals surface area contributed by atoms with Crippen LogP contribution in [0.4, 0.5) is 0 Å². The first kappa shape index (κ1) is 17.1. The lowest BCUT2D eigenvalue weighted by molar-refractivity contribution is 0.0692. The summed E-state index contributed by atoms with van der Waals surface area (Å²) in [6.45, 7) is 0. The van der Waals surface area contributed by atoms with Gasteiger partial charge in [-0.2, -0.15) is 0 Å². The SMILES string of the molecule is CS(=O)(=O)CCCS(=O)(=O)c1cc(Br)ccc1C(=O)O. The quantitative estimate of drug-likeness (QED) is 0.793. The molecule has 0 aliphatic rings. The zero-order valence-electron chi connectivity index (χ0n) is 10.5. The van der Waals surface area contributed by atoms with Gasteiger partial charge in [-0.3, -0.25) is 0 Å². The van der Waals surface area contributed by atoms with Crippen LogP contribution in [0, 0.1) is 0 Å². The molecule has 112 valence electrons. The first-order valence-corrected chi connectivity index (χ1v) is 9.97. The number of carboxylic acid groups (broad SMARTS) is 1. The lowest BCUT2D eigenvalue weighted by Gasteiger charge is -2.08. The minimum Gasteiger partial charge on any atom is -0.478 e. The van der Waals surface area contributed by atoms with Crippen molar-refractivity contribution in [3.8, 4) is 0 Å². The standard InChI is InChI=1S/C11H13BrO6S2/c1-19(15,16)5-2-6-20(17,18)10-7-8(12)3-4-9(10)11(13)14/h3-4,7H,2,5-6H2,1H3,(H,13,14). The summed E-state index contributed by atoms with van der Waals surface area (Å²) in [6, 6.07) is 3.83. The predicted octanol–water partition coefficient (Wildman–Crippen LogP) is 1.36. The van der Waals surface area contributed by atoms with Gasteiger partial charge in [-0.25, -0.2) is 21.6 Å². The summed E-state index contributed by atoms with van der Waals surface area (Å²) < 4.78 is 46.6. The van der Waals surface area contributed by atoms with Crippen LogP contribution in [0.1, 0.15) is 16.8 Å². The van der Waals surface area contributed by atoms with Crippen molar-refractivity contribution in [3.63, 3.8) is 0 Å². The van der Waals surface area contributed by atoms with Gasteiger partial charge in [0, 0.05) is 10.7 Å². The van der Waals surface area contributed by atoms with Crippen LogP contribution >= 0.6 is 15.9 Å². The average Bonchev–Trinajstić information content (AvgIpc) is 2.26. The largest absolute Gasteiger partial charge is 0.478 e. The maximum absolute atomic E-state index is 12.1. The number of hydrogen-bond acceptors (Lipinski definition) is 5. The second-order valence-electron chi connectivity index (χ2n) is 4.25. The van der Waals surface area contributed by atoms with Gasteiger partial charge >= 0.3 is 5.97 Å². The third-order valence-electron chi connectivity index (χ3n) is 2.44. The van der Waals surface area contributed by atoms with Gasteiger partial charge in [0.2, 0.25) is 0 Å². The molecule has 0 spiro atoms. The van der Waals surface area contributed by atoms with E-state index in [4.69, 9.17) is 5.11 Å². The minimum atomic E-state index is -3.86. The number of aromatic carboxylic acids is 1. The maximum atomic E-state index is 12.1. The number of sulfone groups is 2. The molecule has 0 bridgehead atoms. The van der Waals surface area contributed by atoms with Gasteiger partial charge in [-0.1, -0.05) is 15.9 Å². The molecule has 0 aromatic heterocycles. The van der Waals surface area contributed by atoms with Crippen LogP contribution in [0.15, 0.2) is 27.6 Å². The van der Waals surface area contributed by atoms with Crippen molar-refractivity contribution in [1.29, 1.82) is 0 Å². The minimum absolute atomic E-state index is 0.0766. The van der Waals surface area contributed by atoms with E-state index in [1.54, 1.807) is 0 Å². The lowest BCUT2D eigenvalue weighted by atomic mass is 10.2. The fraction of sp³-hybridized carbons (Fsp3) is 0.364. The first-order valence-electron chi connectivity index (χ1n) is 5.46. The van der Waals surface area contributed by atoms with Crippen molar-refractivity contribution in [2.45, 2.75) is 11.3 Å². The number of carbonyl (C=O) groups is 1. The topological polar surface area (TPSA) is 106 Å². The van der Waals surface area contributed by atoms with Crippen molar-refractivity contribution < 1.29 is 26.7 Å². The summed E-state index contributed by atoms with van der Waals surface area (Å²) in [5.41, 5.74) is -0.326. The van der Waals surface area contributed by atoms with E-state index in [0.29, 0.717) is 4.47 Å². The summed E-state index contributed by atoms with van der Waals surface area (Å²) in [7, 11) is -7.11. The number of rotatable bonds is 6. The van der Waals surface area contributed by atoms with E-state index in [0.717, 1.165) is 6.26 Å². The third kappa shape index (κ3) is 4.88. The van der Waals surface area contributed by atoms with E-state index < -0.39 is 31.4 Å². The lowest BCUT2D eigenvalue weighted by Crippen LogP contribution is -2.15. The second kappa shape index (κ2) is 6.23. The molecule has 1 rings (SSSR count). The summed E-state index contributed by atoms with van der Waals surface area (Å²) in [4.78, 5) is 10.7. The fourth-order valence-electron chi connectivity index (χ4n) is 1.55. The van der Waals surface area contributed by atoms with Crippen molar-refractivity contribution in [2.24, 2.45) is 0 Å². The highest BCUT2D eigenvalue weighted by Gasteiger charge is 2.23. The summed E-state index contributed by atoms with van der Waals surface area (Å²) in [5, 5.41) is 9.00. The molecular weight excluding hydrogens is 372 g/mol. The van der Waals surface area contributed by atoms with E-state index in [9.17, 15) is 21.6 Å². The molecule has 9 heteroatoms. The molecule has 0 radical (unpaired) electrons. The zero-order valence-corrected chi connectivity index (χ0v) is 13.8. The summed E-state index contributed by atoms with van der Waals surface area (Å²) >= 11 is 3.08. The maximum Gasteiger partial charge on any atom is 0.337 e. The van der Waals surface area contributed by atoms with Gasteiger partial charge in [-0.15, -0.1) is 0 Å². The Morgan fingerprint density at radius 2 is 1.80 bits per heavy atom.